The van der Waals surface area contributed by atoms with Crippen LogP contribution in [0.15, 0.2) is 279 Å². The fraction of sp³-hybridized carbons (Fsp3) is 0.0164. The van der Waals surface area contributed by atoms with Crippen molar-refractivity contribution in [1.82, 2.24) is 0 Å². The molecule has 0 saturated heterocycles. The van der Waals surface area contributed by atoms with Gasteiger partial charge in [-0.15, -0.1) is 0 Å². The lowest BCUT2D eigenvalue weighted by atomic mass is 9.92. The minimum atomic E-state index is 0.863. The van der Waals surface area contributed by atoms with Crippen molar-refractivity contribution in [2.75, 3.05) is 14.7 Å². The first-order valence-electron chi connectivity index (χ1n) is 21.7. The molecule has 0 unspecified atom stereocenters. The molecule has 0 amide bonds. The number of hydrogen-bond donors (Lipinski definition) is 0. The summed E-state index contributed by atoms with van der Waals surface area (Å²) < 4.78 is 0. The van der Waals surface area contributed by atoms with Crippen LogP contribution < -0.4 is 14.7 Å². The molecule has 3 heteroatoms. The fourth-order valence-corrected chi connectivity index (χ4v) is 8.19. The van der Waals surface area contributed by atoms with E-state index in [9.17, 15) is 0 Å². The Balaban J connectivity index is 1.11. The summed E-state index contributed by atoms with van der Waals surface area (Å²) in [6, 6.07) is 87.7. The molecule has 9 rings (SSSR count). The minimum absolute atomic E-state index is 0.863. The number of benzene rings is 9. The van der Waals surface area contributed by atoms with Gasteiger partial charge in [-0.3, -0.25) is 0 Å². The summed E-state index contributed by atoms with van der Waals surface area (Å²) in [6.07, 6.45) is 6.49. The van der Waals surface area contributed by atoms with Gasteiger partial charge in [0, 0.05) is 51.2 Å². The number of anilines is 8. The Hall–Kier alpha value is -8.40. The number of rotatable bonds is 14. The minimum Gasteiger partial charge on any atom is -0.311 e. The van der Waals surface area contributed by atoms with Crippen LogP contribution in [0.2, 0.25) is 0 Å². The van der Waals surface area contributed by atoms with Gasteiger partial charge in [0.05, 0.1) is 0 Å². The average Bonchev–Trinajstić information content (AvgIpc) is 3.37. The summed E-state index contributed by atoms with van der Waals surface area (Å²) in [4.78, 5) is 6.79. The van der Waals surface area contributed by atoms with Gasteiger partial charge in [0.25, 0.3) is 0 Å². The van der Waals surface area contributed by atoms with Gasteiger partial charge in [-0.1, -0.05) is 152 Å². The van der Waals surface area contributed by atoms with E-state index in [0.29, 0.717) is 0 Å². The lowest BCUT2D eigenvalue weighted by Crippen LogP contribution is -2.14. The van der Waals surface area contributed by atoms with E-state index in [1.165, 1.54) is 0 Å². The van der Waals surface area contributed by atoms with E-state index in [0.717, 1.165) is 84.6 Å². The summed E-state index contributed by atoms with van der Waals surface area (Å²) in [5.41, 5.74) is 16.3. The van der Waals surface area contributed by atoms with Crippen molar-refractivity contribution in [3.05, 3.63) is 285 Å². The molecule has 0 aliphatic rings. The van der Waals surface area contributed by atoms with Crippen LogP contribution in [0.5, 0.6) is 0 Å². The molecule has 64 heavy (non-hydrogen) atoms. The van der Waals surface area contributed by atoms with Gasteiger partial charge < -0.3 is 14.7 Å². The molecule has 0 aliphatic carbocycles. The molecule has 0 bridgehead atoms. The van der Waals surface area contributed by atoms with Crippen LogP contribution in [0.4, 0.5) is 45.5 Å². The summed E-state index contributed by atoms with van der Waals surface area (Å²) >= 11 is 0. The maximum atomic E-state index is 4.57. The molecule has 0 aliphatic heterocycles. The van der Waals surface area contributed by atoms with Crippen LogP contribution in [0.1, 0.15) is 12.5 Å². The highest BCUT2D eigenvalue weighted by atomic mass is 15.2. The van der Waals surface area contributed by atoms with Crippen molar-refractivity contribution in [3.8, 4) is 22.3 Å². The van der Waals surface area contributed by atoms with Crippen molar-refractivity contribution in [1.29, 1.82) is 0 Å². The maximum absolute atomic E-state index is 4.57. The molecule has 3 nitrogen and oxygen atoms in total. The largest absolute Gasteiger partial charge is 0.311 e. The second-order valence-corrected chi connectivity index (χ2v) is 15.5. The molecule has 0 heterocycles. The zero-order chi connectivity index (χ0) is 43.5. The van der Waals surface area contributed by atoms with Gasteiger partial charge in [0.2, 0.25) is 0 Å². The van der Waals surface area contributed by atoms with Gasteiger partial charge >= 0.3 is 0 Å². The Morgan fingerprint density at radius 1 is 0.328 bits per heavy atom. The molecule has 9 aromatic carbocycles. The Morgan fingerprint density at radius 2 is 0.625 bits per heavy atom. The van der Waals surface area contributed by atoms with Gasteiger partial charge in [-0.2, -0.15) is 0 Å². The molecule has 9 aromatic rings. The third-order valence-electron chi connectivity index (χ3n) is 11.3. The highest BCUT2D eigenvalue weighted by Gasteiger charge is 2.16. The second kappa shape index (κ2) is 19.5. The van der Waals surface area contributed by atoms with E-state index in [2.05, 4.69) is 283 Å². The van der Waals surface area contributed by atoms with E-state index in [1.54, 1.807) is 0 Å². The number of hydrogen-bond acceptors (Lipinski definition) is 3. The molecule has 0 atom stereocenters. The first-order chi connectivity index (χ1) is 31.6. The summed E-state index contributed by atoms with van der Waals surface area (Å²) in [5.74, 6) is 0. The SMILES string of the molecule is C=C(/C=C\C(=C/C)c1cc(-c2ccc(N(c3ccccc3)c3ccccc3)cc2)cc(-c2ccc(N(c3ccccc3)c3ccccc3)cc2)c1)N(c1ccccc1)c1ccccc1. The van der Waals surface area contributed by atoms with Crippen LogP contribution in [0.3, 0.4) is 0 Å². The summed E-state index contributed by atoms with van der Waals surface area (Å²) in [7, 11) is 0. The van der Waals surface area contributed by atoms with Gasteiger partial charge in [-0.05, 0) is 162 Å². The van der Waals surface area contributed by atoms with Crippen LogP contribution in [-0.4, -0.2) is 0 Å². The van der Waals surface area contributed by atoms with E-state index >= 15 is 0 Å². The third-order valence-corrected chi connectivity index (χ3v) is 11.3. The molecule has 0 aromatic heterocycles. The van der Waals surface area contributed by atoms with E-state index in [4.69, 9.17) is 0 Å². The van der Waals surface area contributed by atoms with Crippen molar-refractivity contribution in [2.45, 2.75) is 6.92 Å². The highest BCUT2D eigenvalue weighted by molar-refractivity contribution is 5.86. The maximum Gasteiger partial charge on any atom is 0.0462 e. The predicted octanol–water partition coefficient (Wildman–Crippen LogP) is 17.3. The van der Waals surface area contributed by atoms with Gasteiger partial charge in [0.1, 0.15) is 0 Å². The van der Waals surface area contributed by atoms with E-state index in [-0.39, 0.29) is 0 Å². The summed E-state index contributed by atoms with van der Waals surface area (Å²) in [6.45, 7) is 6.68. The van der Waals surface area contributed by atoms with Crippen molar-refractivity contribution in [3.63, 3.8) is 0 Å². The Kier molecular flexibility index (Phi) is 12.5. The molecule has 0 fully saturated rings. The first-order valence-corrected chi connectivity index (χ1v) is 21.7. The third kappa shape index (κ3) is 9.25. The second-order valence-electron chi connectivity index (χ2n) is 15.5. The Labute approximate surface area is 378 Å². The molecule has 0 radical (unpaired) electrons. The lowest BCUT2D eigenvalue weighted by molar-refractivity contribution is 1.22. The fourth-order valence-electron chi connectivity index (χ4n) is 8.19. The lowest BCUT2D eigenvalue weighted by Gasteiger charge is -2.26. The van der Waals surface area contributed by atoms with Gasteiger partial charge in [-0.25, -0.2) is 0 Å². The topological polar surface area (TPSA) is 9.72 Å². The summed E-state index contributed by atoms with van der Waals surface area (Å²) in [5, 5.41) is 0. The predicted molar refractivity (Wildman–Crippen MR) is 274 cm³/mol. The normalized spacial score (nSPS) is 11.3. The van der Waals surface area contributed by atoms with Crippen LogP contribution in [-0.2, 0) is 0 Å². The van der Waals surface area contributed by atoms with Crippen LogP contribution in [0.25, 0.3) is 27.8 Å². The number of allylic oxidation sites excluding steroid dienone is 4. The first kappa shape index (κ1) is 41.0. The van der Waals surface area contributed by atoms with Crippen molar-refractivity contribution in [2.24, 2.45) is 0 Å². The molecule has 0 N–H and O–H groups in total. The number of nitrogens with zero attached hydrogens (tertiary/aromatic N) is 3. The average molecular weight is 824 g/mol. The van der Waals surface area contributed by atoms with Crippen LogP contribution >= 0.6 is 0 Å². The highest BCUT2D eigenvalue weighted by Crippen LogP contribution is 2.39. The molecule has 308 valence electrons. The molecule has 0 saturated carbocycles. The Morgan fingerprint density at radius 3 is 0.938 bits per heavy atom. The molecular weight excluding hydrogens is 775 g/mol. The Bertz CT molecular complexity index is 2700. The zero-order valence-corrected chi connectivity index (χ0v) is 36.0. The standard InChI is InChI=1S/C61H49N3/c1-3-48(35-34-47(2)62(54-22-10-4-11-23-54)55-24-12-5-13-25-55)51-44-52(49-36-40-60(41-37-49)63(56-26-14-6-15-27-56)57-28-16-7-17-29-57)46-53(45-51)50-38-42-61(43-39-50)64(58-30-18-8-19-31-58)59-32-20-9-21-33-59/h3-46H,2H2,1H3/b35-34-,48-3+. The van der Waals surface area contributed by atoms with Crippen molar-refractivity contribution < 1.29 is 0 Å². The van der Waals surface area contributed by atoms with Crippen molar-refractivity contribution >= 4 is 51.1 Å². The molecular formula is C61H49N3. The van der Waals surface area contributed by atoms with Gasteiger partial charge in [0.15, 0.2) is 0 Å². The van der Waals surface area contributed by atoms with E-state index in [1.807, 2.05) is 12.1 Å². The van der Waals surface area contributed by atoms with Crippen LogP contribution in [0, 0.1) is 0 Å². The smallest absolute Gasteiger partial charge is 0.0462 e. The van der Waals surface area contributed by atoms with E-state index < -0.39 is 0 Å². The number of para-hydroxylation sites is 6. The molecule has 0 spiro atoms. The monoisotopic (exact) mass is 823 g/mol. The zero-order valence-electron chi connectivity index (χ0n) is 36.0. The quantitative estimate of drug-likeness (QED) is 0.101.